The number of nitrogens with one attached hydrogen (secondary N) is 2. The molecule has 4 aliphatic heterocycles. The molecule has 0 spiro atoms. The van der Waals surface area contributed by atoms with E-state index in [0.717, 1.165) is 12.8 Å². The average molecular weight is 1640 g/mol. The van der Waals surface area contributed by atoms with Gasteiger partial charge in [-0.1, -0.05) is 87.3 Å². The minimum Gasteiger partial charge on any atom is -0.472 e. The van der Waals surface area contributed by atoms with E-state index >= 15 is 0 Å². The number of nitrogens with zero attached hydrogens (tertiary/aromatic N) is 4. The van der Waals surface area contributed by atoms with Crippen molar-refractivity contribution in [3.05, 3.63) is 82.9 Å². The molecule has 0 radical (unpaired) electrons. The molecule has 2 saturated heterocycles. The van der Waals surface area contributed by atoms with Gasteiger partial charge in [-0.25, -0.2) is 34.4 Å². The van der Waals surface area contributed by atoms with Gasteiger partial charge in [0.05, 0.1) is 83.4 Å². The van der Waals surface area contributed by atoms with Crippen LogP contribution in [0.4, 0.5) is 17.6 Å². The zero-order valence-corrected chi connectivity index (χ0v) is 67.2. The molecular formula is C80H100Cl2F4N6O18S2. The molecule has 0 bridgehead atoms. The standard InChI is InChI=1S/2C40H50ClF2N3O9S/c2*1-22(2)54-36(48)17-29-24(4)14-23(3)8-5-6-9-25-18-40(25,39(50)45-56(51,52)27-12-13-27)19-33(47)32-15-26(20-46(32)38(29)49)55-37-28-10-7-11-31(41)30(28)16-35(44-37)53-21-34(42)43/h2*6-7,9-11,16,22-27,29,32,34H,5,8,12-15,17-21H2,1-4H3,(H,45,50)/b2*9-6-/t23-,24+,25+,26+,29-,32-,40+;23-,24-,25-,26-,29+,32+,40-/m01/s1. The van der Waals surface area contributed by atoms with Crippen LogP contribution in [0.1, 0.15) is 171 Å². The number of pyridine rings is 2. The van der Waals surface area contributed by atoms with Crippen LogP contribution < -0.4 is 28.4 Å². The number of ether oxygens (including phenoxy) is 6. The van der Waals surface area contributed by atoms with Crippen LogP contribution in [0.15, 0.2) is 72.8 Å². The molecular weight excluding hydrogens is 1540 g/mol. The predicted molar refractivity (Wildman–Crippen MR) is 407 cm³/mol. The van der Waals surface area contributed by atoms with Crippen molar-refractivity contribution in [3.8, 4) is 23.5 Å². The smallest absolute Gasteiger partial charge is 0.306 e. The van der Waals surface area contributed by atoms with E-state index < -0.39 is 163 Å². The van der Waals surface area contributed by atoms with Crippen LogP contribution >= 0.6 is 23.2 Å². The quantitative estimate of drug-likeness (QED) is 0.0419. The average Bonchev–Trinajstić information content (AvgIpc) is 1.57. The summed E-state index contributed by atoms with van der Waals surface area (Å²) in [4.78, 5) is 124. The van der Waals surface area contributed by atoms with Gasteiger partial charge in [0.25, 0.3) is 12.9 Å². The van der Waals surface area contributed by atoms with E-state index in [9.17, 15) is 72.8 Å². The van der Waals surface area contributed by atoms with Crippen molar-refractivity contribution in [2.75, 3.05) is 26.3 Å². The zero-order valence-electron chi connectivity index (χ0n) is 64.1. The van der Waals surface area contributed by atoms with Crippen molar-refractivity contribution in [1.29, 1.82) is 0 Å². The maximum absolute atomic E-state index is 14.8. The third kappa shape index (κ3) is 20.9. The lowest BCUT2D eigenvalue weighted by molar-refractivity contribution is -0.154. The van der Waals surface area contributed by atoms with Crippen LogP contribution in [-0.4, -0.2) is 170 Å². The molecule has 0 unspecified atom stereocenters. The summed E-state index contributed by atoms with van der Waals surface area (Å²) in [5, 5.41) is 1.05. The third-order valence-corrected chi connectivity index (χ3v) is 26.9. The lowest BCUT2D eigenvalue weighted by Gasteiger charge is -2.32. The molecule has 4 aromatic rings. The molecule has 4 amide bonds. The van der Waals surface area contributed by atoms with E-state index in [1.165, 1.54) is 21.9 Å². The second kappa shape index (κ2) is 35.6. The van der Waals surface area contributed by atoms with Crippen molar-refractivity contribution in [2.45, 2.75) is 231 Å². The number of Topliss-reactive ketones (excluding diaryl/α,β-unsaturated/α-hetero) is 2. The minimum absolute atomic E-state index is 0.00492. The Labute approximate surface area is 660 Å². The summed E-state index contributed by atoms with van der Waals surface area (Å²) < 4.78 is 143. The first kappa shape index (κ1) is 85.2. The molecule has 612 valence electrons. The van der Waals surface area contributed by atoms with Gasteiger partial charge in [-0.15, -0.1) is 0 Å². The van der Waals surface area contributed by atoms with Gasteiger partial charge in [0.1, 0.15) is 12.2 Å². The van der Waals surface area contributed by atoms with Gasteiger partial charge in [0, 0.05) is 69.4 Å². The summed E-state index contributed by atoms with van der Waals surface area (Å²) in [5.41, 5.74) is -2.65. The normalized spacial score (nSPS) is 29.3. The lowest BCUT2D eigenvalue weighted by Crippen LogP contribution is -2.47. The highest BCUT2D eigenvalue weighted by Crippen LogP contribution is 2.59. The summed E-state index contributed by atoms with van der Waals surface area (Å²) >= 11 is 13.0. The van der Waals surface area contributed by atoms with Crippen molar-refractivity contribution in [3.63, 3.8) is 0 Å². The number of hydrogen-bond acceptors (Lipinski definition) is 20. The first-order valence-electron chi connectivity index (χ1n) is 38.8. The maximum atomic E-state index is 14.8. The van der Waals surface area contributed by atoms with Gasteiger partial charge in [0.2, 0.25) is 67.2 Å². The lowest BCUT2D eigenvalue weighted by atomic mass is 9.82. The molecule has 2 aromatic heterocycles. The first-order chi connectivity index (χ1) is 52.9. The fourth-order valence-electron chi connectivity index (χ4n) is 16.3. The van der Waals surface area contributed by atoms with Gasteiger partial charge >= 0.3 is 11.9 Å². The van der Waals surface area contributed by atoms with Gasteiger partial charge in [0.15, 0.2) is 24.8 Å². The fraction of sp³-hybridized carbons (Fsp3) is 0.625. The number of rotatable bonds is 22. The molecule has 4 aliphatic carbocycles. The number of allylic oxidation sites excluding steroid dienone is 4. The Morgan fingerprint density at radius 2 is 0.929 bits per heavy atom. The number of alkyl halides is 4. The van der Waals surface area contributed by atoms with Gasteiger partial charge in [-0.05, 0) is 165 Å². The molecule has 8 aliphatic rings. The number of benzene rings is 2. The highest BCUT2D eigenvalue weighted by atomic mass is 35.5. The summed E-state index contributed by atoms with van der Waals surface area (Å²) in [5.74, 6) is -7.38. The Morgan fingerprint density at radius 3 is 1.28 bits per heavy atom. The van der Waals surface area contributed by atoms with Crippen LogP contribution in [0.3, 0.4) is 0 Å². The number of ketones is 2. The van der Waals surface area contributed by atoms with Crippen molar-refractivity contribution in [2.24, 2.45) is 58.2 Å². The number of hydrogen-bond donors (Lipinski definition) is 2. The van der Waals surface area contributed by atoms with Crippen LogP contribution in [0.2, 0.25) is 10.0 Å². The summed E-state index contributed by atoms with van der Waals surface area (Å²) in [6.45, 7) is 12.8. The summed E-state index contributed by atoms with van der Waals surface area (Å²) in [6, 6.07) is 10.6. The second-order valence-electron chi connectivity index (χ2n) is 32.5. The summed E-state index contributed by atoms with van der Waals surface area (Å²) in [7, 11) is -7.81. The van der Waals surface area contributed by atoms with E-state index in [0.29, 0.717) is 83.0 Å². The summed E-state index contributed by atoms with van der Waals surface area (Å²) in [6.07, 6.45) is 5.04. The zero-order chi connectivity index (χ0) is 81.1. The van der Waals surface area contributed by atoms with E-state index in [1.54, 1.807) is 64.1 Å². The SMILES string of the molecule is CC(C)OC(=O)C[C@@H]1C(=O)N2C[C@H](Oc3nc(OCC(F)F)cc4c(Cl)cccc34)C[C@H]2C(=O)C[C@]2(C(=O)NS(=O)(=O)C3CC3)C[C@H]2/C=C\CC[C@@H](C)C[C@H]1C.CC(C)OC(=O)C[C@@H]1C(=O)N2C[C@H](Oc3nc(OCC(F)F)cc4c(Cl)cccc34)C[C@H]2C(=O)C[C@]2(C(=O)NS(=O)(=O)C3CC3)C[C@H]2/C=C\CC[C@H](C)C[C@H]1C. The Hall–Kier alpha value is -7.70. The molecule has 112 heavy (non-hydrogen) atoms. The van der Waals surface area contributed by atoms with Gasteiger partial charge in [-0.2, -0.15) is 9.97 Å². The highest BCUT2D eigenvalue weighted by Gasteiger charge is 2.63. The second-order valence-corrected chi connectivity index (χ2v) is 37.2. The number of halogens is 6. The third-order valence-electron chi connectivity index (χ3n) is 22.6. The number of aromatic nitrogens is 2. The van der Waals surface area contributed by atoms with E-state index in [-0.39, 0.29) is 123 Å². The Balaban J connectivity index is 0.000000221. The molecule has 24 nitrogen and oxygen atoms in total. The molecule has 6 fully saturated rings. The van der Waals surface area contributed by atoms with Gasteiger partial charge < -0.3 is 38.2 Å². The molecule has 4 saturated carbocycles. The Kier molecular flexibility index (Phi) is 27.1. The Morgan fingerprint density at radius 1 is 0.554 bits per heavy atom. The van der Waals surface area contributed by atoms with Crippen molar-refractivity contribution in [1.82, 2.24) is 29.2 Å². The highest BCUT2D eigenvalue weighted by molar-refractivity contribution is 7.91. The molecule has 32 heteroatoms. The minimum atomic E-state index is -3.91. The van der Waals surface area contributed by atoms with Crippen LogP contribution in [0.25, 0.3) is 21.5 Å². The number of sulfonamides is 2. The van der Waals surface area contributed by atoms with E-state index in [2.05, 4.69) is 33.3 Å². The van der Waals surface area contributed by atoms with Crippen LogP contribution in [-0.2, 0) is 67.9 Å². The van der Waals surface area contributed by atoms with E-state index in [1.807, 2.05) is 38.2 Å². The molecule has 2 aromatic carbocycles. The Bertz CT molecular complexity index is 4230. The first-order valence-corrected chi connectivity index (χ1v) is 42.6. The topological polar surface area (TPSA) is 317 Å². The largest absolute Gasteiger partial charge is 0.472 e. The molecule has 6 heterocycles. The number of fused-ring (bicyclic) bond motifs is 6. The number of amides is 4. The maximum Gasteiger partial charge on any atom is 0.306 e. The number of carbonyl (C=O) groups is 8. The van der Waals surface area contributed by atoms with Crippen molar-refractivity contribution < 1.29 is 101 Å². The van der Waals surface area contributed by atoms with Crippen LogP contribution in [0, 0.1) is 58.2 Å². The molecule has 12 rings (SSSR count). The van der Waals surface area contributed by atoms with Crippen LogP contribution in [0.5, 0.6) is 23.5 Å². The fourth-order valence-corrected chi connectivity index (χ4v) is 19.5. The predicted octanol–water partition coefficient (Wildman–Crippen LogP) is 12.8. The van der Waals surface area contributed by atoms with Crippen molar-refractivity contribution >= 4 is 112 Å². The number of esters is 2. The van der Waals surface area contributed by atoms with Gasteiger partial charge in [-0.3, -0.25) is 47.8 Å². The molecule has 2 N–H and O–H groups in total. The number of carbonyl (C=O) groups excluding carboxylic acids is 8. The molecule has 14 atom stereocenters. The van der Waals surface area contributed by atoms with E-state index in [4.69, 9.17) is 51.6 Å². The monoisotopic (exact) mass is 1640 g/mol.